The summed E-state index contributed by atoms with van der Waals surface area (Å²) in [5, 5.41) is 0. The Bertz CT molecular complexity index is 1340. The van der Waals surface area contributed by atoms with Crippen molar-refractivity contribution in [2.75, 3.05) is 6.61 Å². The summed E-state index contributed by atoms with van der Waals surface area (Å²) < 4.78 is 77.5. The van der Waals surface area contributed by atoms with Gasteiger partial charge in [0.15, 0.2) is 23.2 Å². The monoisotopic (exact) mass is 512 g/mol. The fourth-order valence-corrected chi connectivity index (χ4v) is 4.45. The smallest absolute Gasteiger partial charge is 0.201 e. The van der Waals surface area contributed by atoms with E-state index < -0.39 is 29.1 Å². The summed E-state index contributed by atoms with van der Waals surface area (Å²) in [4.78, 5) is 0. The zero-order valence-corrected chi connectivity index (χ0v) is 20.9. The summed E-state index contributed by atoms with van der Waals surface area (Å²) in [5.74, 6) is -4.59. The SMILES string of the molecule is CCCCOc1ccc(-c2ccc(/C=C/C3CC=C(c4ccc(C)c(F)c4F)CC3)cc2F)c(F)c1F. The molecule has 194 valence electrons. The third-order valence-electron chi connectivity index (χ3n) is 6.72. The van der Waals surface area contributed by atoms with Crippen molar-refractivity contribution in [2.24, 2.45) is 5.92 Å². The lowest BCUT2D eigenvalue weighted by molar-refractivity contribution is 0.289. The van der Waals surface area contributed by atoms with E-state index in [0.29, 0.717) is 24.0 Å². The number of ether oxygens (including phenoxy) is 1. The van der Waals surface area contributed by atoms with Gasteiger partial charge < -0.3 is 4.74 Å². The summed E-state index contributed by atoms with van der Waals surface area (Å²) in [6, 6.07) is 10.2. The number of benzene rings is 3. The molecule has 0 bridgehead atoms. The Morgan fingerprint density at radius 3 is 2.30 bits per heavy atom. The van der Waals surface area contributed by atoms with Crippen LogP contribution in [0.4, 0.5) is 22.0 Å². The van der Waals surface area contributed by atoms with E-state index >= 15 is 0 Å². The summed E-state index contributed by atoms with van der Waals surface area (Å²) in [6.45, 7) is 3.77. The van der Waals surface area contributed by atoms with Gasteiger partial charge in [-0.05, 0) is 73.4 Å². The predicted molar refractivity (Wildman–Crippen MR) is 138 cm³/mol. The van der Waals surface area contributed by atoms with E-state index in [4.69, 9.17) is 4.74 Å². The molecule has 0 fully saturated rings. The van der Waals surface area contributed by atoms with E-state index in [1.807, 2.05) is 19.1 Å². The van der Waals surface area contributed by atoms with Gasteiger partial charge in [0, 0.05) is 16.7 Å². The van der Waals surface area contributed by atoms with Gasteiger partial charge in [-0.2, -0.15) is 4.39 Å². The molecule has 6 heteroatoms. The second kappa shape index (κ2) is 11.8. The fraction of sp³-hybridized carbons (Fsp3) is 0.290. The van der Waals surface area contributed by atoms with E-state index in [0.717, 1.165) is 24.8 Å². The van der Waals surface area contributed by atoms with Crippen LogP contribution in [0.2, 0.25) is 0 Å². The van der Waals surface area contributed by atoms with Crippen molar-refractivity contribution >= 4 is 11.6 Å². The zero-order valence-electron chi connectivity index (χ0n) is 20.9. The molecule has 1 aliphatic rings. The Kier molecular flexibility index (Phi) is 8.47. The molecule has 0 aliphatic heterocycles. The molecule has 0 amide bonds. The van der Waals surface area contributed by atoms with Crippen LogP contribution in [0.5, 0.6) is 5.75 Å². The molecule has 4 rings (SSSR count). The summed E-state index contributed by atoms with van der Waals surface area (Å²) in [6.07, 6.45) is 9.23. The highest BCUT2D eigenvalue weighted by Crippen LogP contribution is 2.35. The Labute approximate surface area is 214 Å². The molecule has 1 nitrogen and oxygen atoms in total. The molecular weight excluding hydrogens is 483 g/mol. The van der Waals surface area contributed by atoms with Crippen LogP contribution in [-0.2, 0) is 0 Å². The molecule has 1 atom stereocenters. The van der Waals surface area contributed by atoms with Gasteiger partial charge in [0.25, 0.3) is 0 Å². The molecule has 0 saturated heterocycles. The first-order valence-electron chi connectivity index (χ1n) is 12.5. The first kappa shape index (κ1) is 26.6. The standard InChI is InChI=1S/C31H29F5O/c1-3-4-17-37-27-16-15-25(30(35)31(27)36)24-14-10-21(18-26(24)32)7-6-20-8-11-22(12-9-20)23-13-5-19(2)28(33)29(23)34/h5-7,10-11,13-16,18,20H,3-4,8-9,12,17H2,1-2H3/b7-6+. The highest BCUT2D eigenvalue weighted by molar-refractivity contribution is 5.69. The molecule has 1 aliphatic carbocycles. The second-order valence-corrected chi connectivity index (χ2v) is 9.36. The molecule has 37 heavy (non-hydrogen) atoms. The van der Waals surface area contributed by atoms with Crippen molar-refractivity contribution < 1.29 is 26.7 Å². The Hall–Kier alpha value is -3.41. The van der Waals surface area contributed by atoms with Crippen molar-refractivity contribution in [2.45, 2.75) is 46.0 Å². The molecule has 0 spiro atoms. The van der Waals surface area contributed by atoms with Crippen molar-refractivity contribution in [3.8, 4) is 16.9 Å². The first-order valence-corrected chi connectivity index (χ1v) is 12.5. The maximum Gasteiger partial charge on any atom is 0.201 e. The Morgan fingerprint density at radius 1 is 0.865 bits per heavy atom. The largest absolute Gasteiger partial charge is 0.490 e. The maximum atomic E-state index is 14.9. The minimum atomic E-state index is -1.15. The molecular formula is C31H29F5O. The third kappa shape index (κ3) is 5.95. The van der Waals surface area contributed by atoms with Gasteiger partial charge in [-0.3, -0.25) is 0 Å². The van der Waals surface area contributed by atoms with Gasteiger partial charge in [0.1, 0.15) is 5.82 Å². The lowest BCUT2D eigenvalue weighted by Crippen LogP contribution is -2.05. The van der Waals surface area contributed by atoms with Crippen LogP contribution in [0.15, 0.2) is 54.6 Å². The molecule has 0 heterocycles. The predicted octanol–water partition coefficient (Wildman–Crippen LogP) is 9.43. The van der Waals surface area contributed by atoms with Crippen LogP contribution in [-0.4, -0.2) is 6.61 Å². The van der Waals surface area contributed by atoms with Crippen LogP contribution in [0.25, 0.3) is 22.8 Å². The van der Waals surface area contributed by atoms with Crippen molar-refractivity contribution in [3.63, 3.8) is 0 Å². The number of allylic oxidation sites excluding steroid dienone is 3. The molecule has 3 aromatic rings. The van der Waals surface area contributed by atoms with E-state index in [1.165, 1.54) is 31.2 Å². The summed E-state index contributed by atoms with van der Waals surface area (Å²) in [7, 11) is 0. The number of halogens is 5. The fourth-order valence-electron chi connectivity index (χ4n) is 4.45. The highest BCUT2D eigenvalue weighted by Gasteiger charge is 2.20. The van der Waals surface area contributed by atoms with Gasteiger partial charge in [-0.15, -0.1) is 0 Å². The van der Waals surface area contributed by atoms with Gasteiger partial charge in [-0.25, -0.2) is 17.6 Å². The molecule has 0 N–H and O–H groups in total. The summed E-state index contributed by atoms with van der Waals surface area (Å²) >= 11 is 0. The molecule has 0 radical (unpaired) electrons. The topological polar surface area (TPSA) is 9.23 Å². The van der Waals surface area contributed by atoms with E-state index in [9.17, 15) is 22.0 Å². The number of unbranched alkanes of at least 4 members (excludes halogenated alkanes) is 1. The average Bonchev–Trinajstić information content (AvgIpc) is 2.90. The molecule has 3 aromatic carbocycles. The first-order chi connectivity index (χ1) is 17.8. The van der Waals surface area contributed by atoms with E-state index in [-0.39, 0.29) is 35.0 Å². The zero-order chi connectivity index (χ0) is 26.5. The van der Waals surface area contributed by atoms with Gasteiger partial charge in [-0.1, -0.05) is 55.8 Å². The molecule has 0 saturated carbocycles. The van der Waals surface area contributed by atoms with Crippen LogP contribution >= 0.6 is 0 Å². The van der Waals surface area contributed by atoms with Crippen molar-refractivity contribution in [1.82, 2.24) is 0 Å². The van der Waals surface area contributed by atoms with Crippen LogP contribution < -0.4 is 4.74 Å². The van der Waals surface area contributed by atoms with Crippen LogP contribution in [0, 0.1) is 41.9 Å². The number of aryl methyl sites for hydroxylation is 1. The minimum Gasteiger partial charge on any atom is -0.490 e. The van der Waals surface area contributed by atoms with Gasteiger partial charge >= 0.3 is 0 Å². The normalized spacial score (nSPS) is 15.8. The van der Waals surface area contributed by atoms with Crippen molar-refractivity contribution in [3.05, 3.63) is 100 Å². The Balaban J connectivity index is 1.45. The van der Waals surface area contributed by atoms with E-state index in [2.05, 4.69) is 0 Å². The van der Waals surface area contributed by atoms with Gasteiger partial charge in [0.2, 0.25) is 5.82 Å². The summed E-state index contributed by atoms with van der Waals surface area (Å²) in [5.41, 5.74) is 1.74. The minimum absolute atomic E-state index is 0.0359. The average molecular weight is 513 g/mol. The van der Waals surface area contributed by atoms with Crippen molar-refractivity contribution in [1.29, 1.82) is 0 Å². The van der Waals surface area contributed by atoms with Gasteiger partial charge in [0.05, 0.1) is 6.61 Å². The van der Waals surface area contributed by atoms with Crippen LogP contribution in [0.3, 0.4) is 0 Å². The molecule has 0 aromatic heterocycles. The number of hydrogen-bond donors (Lipinski definition) is 0. The van der Waals surface area contributed by atoms with Crippen LogP contribution in [0.1, 0.15) is 55.7 Å². The Morgan fingerprint density at radius 2 is 1.59 bits per heavy atom. The number of rotatable bonds is 8. The lowest BCUT2D eigenvalue weighted by Gasteiger charge is -2.20. The highest BCUT2D eigenvalue weighted by atomic mass is 19.2. The maximum absolute atomic E-state index is 14.9. The molecule has 1 unspecified atom stereocenters. The van der Waals surface area contributed by atoms with E-state index in [1.54, 1.807) is 24.3 Å². The number of hydrogen-bond acceptors (Lipinski definition) is 1. The lowest BCUT2D eigenvalue weighted by atomic mass is 9.85. The second-order valence-electron chi connectivity index (χ2n) is 9.36. The quantitative estimate of drug-likeness (QED) is 0.216. The third-order valence-corrected chi connectivity index (χ3v) is 6.72.